The molecule has 0 atom stereocenters. The molecule has 0 unspecified atom stereocenters. The van der Waals surface area contributed by atoms with Crippen molar-refractivity contribution in [2.45, 2.75) is 33.6 Å². The van der Waals surface area contributed by atoms with E-state index in [4.69, 9.17) is 0 Å². The van der Waals surface area contributed by atoms with E-state index in [1.807, 2.05) is 0 Å². The summed E-state index contributed by atoms with van der Waals surface area (Å²) in [5.74, 6) is -0.994. The van der Waals surface area contributed by atoms with E-state index in [9.17, 15) is 17.6 Å². The van der Waals surface area contributed by atoms with Gasteiger partial charge in [0.1, 0.15) is 5.82 Å². The van der Waals surface area contributed by atoms with Gasteiger partial charge in [-0.05, 0) is 29.5 Å². The highest BCUT2D eigenvalue weighted by atomic mass is 32.2. The third-order valence-electron chi connectivity index (χ3n) is 2.45. The van der Waals surface area contributed by atoms with Gasteiger partial charge in [0.15, 0.2) is 0 Å². The van der Waals surface area contributed by atoms with E-state index in [0.29, 0.717) is 6.42 Å². The van der Waals surface area contributed by atoms with Crippen LogP contribution in [0, 0.1) is 11.2 Å². The molecule has 0 saturated heterocycles. The summed E-state index contributed by atoms with van der Waals surface area (Å²) in [5, 5.41) is 0. The Labute approximate surface area is 119 Å². The first-order valence-corrected chi connectivity index (χ1v) is 8.00. The average molecular weight is 301 g/mol. The Morgan fingerprint density at radius 2 is 1.75 bits per heavy atom. The standard InChI is InChI=1S/C14H20FNO3S/c1-14(2,3)10-20(18,19)16-13(17)9-6-11-4-7-12(15)8-5-11/h4-5,7-8H,6,9-10H2,1-3H3,(H,16,17). The summed E-state index contributed by atoms with van der Waals surface area (Å²) in [6.07, 6.45) is 0.423. The lowest BCUT2D eigenvalue weighted by Crippen LogP contribution is -2.36. The Hall–Kier alpha value is -1.43. The molecule has 0 spiro atoms. The zero-order valence-corrected chi connectivity index (χ0v) is 12.8. The Balaban J connectivity index is 2.50. The van der Waals surface area contributed by atoms with Crippen LogP contribution in [-0.4, -0.2) is 20.1 Å². The number of hydrogen-bond acceptors (Lipinski definition) is 3. The number of halogens is 1. The van der Waals surface area contributed by atoms with Crippen molar-refractivity contribution in [2.24, 2.45) is 5.41 Å². The van der Waals surface area contributed by atoms with Crippen molar-refractivity contribution in [3.05, 3.63) is 35.6 Å². The topological polar surface area (TPSA) is 63.2 Å². The van der Waals surface area contributed by atoms with Crippen LogP contribution < -0.4 is 4.72 Å². The number of benzene rings is 1. The van der Waals surface area contributed by atoms with Gasteiger partial charge in [0.05, 0.1) is 5.75 Å². The van der Waals surface area contributed by atoms with Crippen molar-refractivity contribution in [2.75, 3.05) is 5.75 Å². The lowest BCUT2D eigenvalue weighted by molar-refractivity contribution is -0.119. The van der Waals surface area contributed by atoms with Gasteiger partial charge in [-0.1, -0.05) is 32.9 Å². The first-order valence-electron chi connectivity index (χ1n) is 6.35. The van der Waals surface area contributed by atoms with Gasteiger partial charge < -0.3 is 0 Å². The number of hydrogen-bond donors (Lipinski definition) is 1. The van der Waals surface area contributed by atoms with Crippen LogP contribution in [0.15, 0.2) is 24.3 Å². The molecule has 20 heavy (non-hydrogen) atoms. The van der Waals surface area contributed by atoms with Gasteiger partial charge in [0.25, 0.3) is 0 Å². The van der Waals surface area contributed by atoms with E-state index in [1.54, 1.807) is 32.9 Å². The van der Waals surface area contributed by atoms with Crippen LogP contribution in [0.3, 0.4) is 0 Å². The predicted octanol–water partition coefficient (Wildman–Crippen LogP) is 2.25. The van der Waals surface area contributed by atoms with Gasteiger partial charge in [-0.3, -0.25) is 9.52 Å². The van der Waals surface area contributed by atoms with E-state index in [0.717, 1.165) is 5.56 Å². The van der Waals surface area contributed by atoms with Gasteiger partial charge in [0.2, 0.25) is 15.9 Å². The summed E-state index contributed by atoms with van der Waals surface area (Å²) < 4.78 is 38.2. The molecule has 0 aliphatic rings. The maximum Gasteiger partial charge on any atom is 0.235 e. The van der Waals surface area contributed by atoms with E-state index in [2.05, 4.69) is 4.72 Å². The lowest BCUT2D eigenvalue weighted by atomic mass is 10.0. The number of carbonyl (C=O) groups is 1. The fourth-order valence-electron chi connectivity index (χ4n) is 1.74. The molecular weight excluding hydrogens is 281 g/mol. The molecule has 0 saturated carbocycles. The maximum absolute atomic E-state index is 12.7. The molecule has 0 heterocycles. The molecule has 1 amide bonds. The molecule has 0 radical (unpaired) electrons. The van der Waals surface area contributed by atoms with Gasteiger partial charge in [-0.2, -0.15) is 0 Å². The van der Waals surface area contributed by atoms with Crippen LogP contribution in [0.1, 0.15) is 32.8 Å². The summed E-state index contributed by atoms with van der Waals surface area (Å²) in [6, 6.07) is 5.77. The molecule has 1 aromatic carbocycles. The molecule has 0 fully saturated rings. The number of amides is 1. The Bertz CT molecular complexity index is 559. The minimum absolute atomic E-state index is 0.0506. The van der Waals surface area contributed by atoms with Crippen molar-refractivity contribution in [1.29, 1.82) is 0 Å². The Morgan fingerprint density at radius 3 is 2.25 bits per heavy atom. The fourth-order valence-corrected chi connectivity index (χ4v) is 3.40. The summed E-state index contributed by atoms with van der Waals surface area (Å²) in [6.45, 7) is 5.36. The smallest absolute Gasteiger partial charge is 0.235 e. The largest absolute Gasteiger partial charge is 0.274 e. The highest BCUT2D eigenvalue weighted by Gasteiger charge is 2.23. The van der Waals surface area contributed by atoms with Crippen LogP contribution in [0.25, 0.3) is 0 Å². The normalized spacial score (nSPS) is 12.2. The number of sulfonamides is 1. The maximum atomic E-state index is 12.7. The zero-order chi connectivity index (χ0) is 15.4. The molecular formula is C14H20FNO3S. The van der Waals surface area contributed by atoms with Crippen molar-refractivity contribution in [3.8, 4) is 0 Å². The number of carbonyl (C=O) groups excluding carboxylic acids is 1. The van der Waals surface area contributed by atoms with E-state index in [-0.39, 0.29) is 18.0 Å². The number of rotatable bonds is 5. The second-order valence-electron chi connectivity index (χ2n) is 5.97. The molecule has 1 rings (SSSR count). The Morgan fingerprint density at radius 1 is 1.20 bits per heavy atom. The molecule has 0 aliphatic carbocycles. The first kappa shape index (κ1) is 16.6. The van der Waals surface area contributed by atoms with Crippen molar-refractivity contribution in [1.82, 2.24) is 4.72 Å². The molecule has 1 N–H and O–H groups in total. The zero-order valence-electron chi connectivity index (χ0n) is 11.9. The quantitative estimate of drug-likeness (QED) is 0.907. The van der Waals surface area contributed by atoms with Gasteiger partial charge >= 0.3 is 0 Å². The van der Waals surface area contributed by atoms with Gasteiger partial charge in [-0.25, -0.2) is 12.8 Å². The number of aryl methyl sites for hydroxylation is 1. The number of nitrogens with one attached hydrogen (secondary N) is 1. The van der Waals surface area contributed by atoms with E-state index >= 15 is 0 Å². The monoisotopic (exact) mass is 301 g/mol. The van der Waals surface area contributed by atoms with E-state index < -0.39 is 21.3 Å². The molecule has 112 valence electrons. The van der Waals surface area contributed by atoms with Crippen LogP contribution in [-0.2, 0) is 21.2 Å². The third kappa shape index (κ3) is 6.65. The van der Waals surface area contributed by atoms with Crippen LogP contribution in [0.2, 0.25) is 0 Å². The second-order valence-corrected chi connectivity index (χ2v) is 7.69. The molecule has 0 bridgehead atoms. The summed E-state index contributed by atoms with van der Waals surface area (Å²) in [7, 11) is -3.61. The molecule has 0 aliphatic heterocycles. The van der Waals surface area contributed by atoms with Gasteiger partial charge in [-0.15, -0.1) is 0 Å². The molecule has 1 aromatic rings. The van der Waals surface area contributed by atoms with Crippen LogP contribution >= 0.6 is 0 Å². The molecule has 4 nitrogen and oxygen atoms in total. The first-order chi connectivity index (χ1) is 9.07. The average Bonchev–Trinajstić information content (AvgIpc) is 2.24. The highest BCUT2D eigenvalue weighted by molar-refractivity contribution is 7.90. The highest BCUT2D eigenvalue weighted by Crippen LogP contribution is 2.15. The minimum atomic E-state index is -3.61. The van der Waals surface area contributed by atoms with E-state index in [1.165, 1.54) is 12.1 Å². The lowest BCUT2D eigenvalue weighted by Gasteiger charge is -2.18. The minimum Gasteiger partial charge on any atom is -0.274 e. The molecule has 0 aromatic heterocycles. The summed E-state index contributed by atoms with van der Waals surface area (Å²) >= 11 is 0. The Kier molecular flexibility index (Phi) is 5.28. The second kappa shape index (κ2) is 6.35. The fraction of sp³-hybridized carbons (Fsp3) is 0.500. The SMILES string of the molecule is CC(C)(C)CS(=O)(=O)NC(=O)CCc1ccc(F)cc1. The van der Waals surface area contributed by atoms with Crippen molar-refractivity contribution in [3.63, 3.8) is 0 Å². The van der Waals surface area contributed by atoms with Gasteiger partial charge in [0, 0.05) is 6.42 Å². The summed E-state index contributed by atoms with van der Waals surface area (Å²) in [5.41, 5.74) is 0.373. The van der Waals surface area contributed by atoms with Crippen molar-refractivity contribution < 1.29 is 17.6 Å². The molecule has 6 heteroatoms. The van der Waals surface area contributed by atoms with Crippen molar-refractivity contribution >= 4 is 15.9 Å². The van der Waals surface area contributed by atoms with Crippen LogP contribution in [0.5, 0.6) is 0 Å². The van der Waals surface area contributed by atoms with Crippen LogP contribution in [0.4, 0.5) is 4.39 Å². The third-order valence-corrected chi connectivity index (χ3v) is 4.23. The predicted molar refractivity (Wildman–Crippen MR) is 76.1 cm³/mol. The summed E-state index contributed by atoms with van der Waals surface area (Å²) in [4.78, 5) is 11.6.